The molecule has 0 heterocycles. The first-order chi connectivity index (χ1) is 15.6. The van der Waals surface area contributed by atoms with Crippen LogP contribution in [-0.4, -0.2) is 17.0 Å². The summed E-state index contributed by atoms with van der Waals surface area (Å²) in [4.78, 5) is 22.6. The van der Waals surface area contributed by atoms with E-state index in [1.165, 1.54) is 18.3 Å². The highest BCUT2D eigenvalue weighted by Crippen LogP contribution is 2.26. The van der Waals surface area contributed by atoms with Gasteiger partial charge in [-0.15, -0.1) is 0 Å². The zero-order valence-corrected chi connectivity index (χ0v) is 17.0. The zero-order valence-electron chi connectivity index (χ0n) is 17.0. The van der Waals surface area contributed by atoms with Crippen LogP contribution in [0.3, 0.4) is 0 Å². The number of hydrogen-bond donors (Lipinski definition) is 1. The number of nitro benzene ring substituents is 1. The van der Waals surface area contributed by atoms with E-state index >= 15 is 0 Å². The minimum absolute atomic E-state index is 0.0402. The zero-order chi connectivity index (χ0) is 22.3. The fourth-order valence-electron chi connectivity index (χ4n) is 3.18. The molecule has 4 rings (SSSR count). The first kappa shape index (κ1) is 20.7. The lowest BCUT2D eigenvalue weighted by Gasteiger charge is -2.10. The highest BCUT2D eigenvalue weighted by molar-refractivity contribution is 5.95. The van der Waals surface area contributed by atoms with Crippen molar-refractivity contribution in [2.24, 2.45) is 5.10 Å². The Kier molecular flexibility index (Phi) is 6.17. The third-order valence-electron chi connectivity index (χ3n) is 4.82. The van der Waals surface area contributed by atoms with Crippen molar-refractivity contribution in [1.29, 1.82) is 0 Å². The topological polar surface area (TPSA) is 93.8 Å². The van der Waals surface area contributed by atoms with Crippen molar-refractivity contribution < 1.29 is 14.5 Å². The minimum Gasteiger partial charge on any atom is -0.488 e. The van der Waals surface area contributed by atoms with Crippen molar-refractivity contribution in [3.8, 4) is 5.75 Å². The van der Waals surface area contributed by atoms with Gasteiger partial charge in [-0.25, -0.2) is 5.43 Å². The summed E-state index contributed by atoms with van der Waals surface area (Å²) in [6.07, 6.45) is 1.36. The minimum atomic E-state index is -0.485. The summed E-state index contributed by atoms with van der Waals surface area (Å²) in [6.45, 7) is 0.376. The molecule has 0 bridgehead atoms. The monoisotopic (exact) mass is 425 g/mol. The molecule has 7 heteroatoms. The summed E-state index contributed by atoms with van der Waals surface area (Å²) in [6, 6.07) is 27.0. The lowest BCUT2D eigenvalue weighted by molar-refractivity contribution is -0.384. The van der Waals surface area contributed by atoms with Crippen LogP contribution in [0.4, 0.5) is 5.69 Å². The van der Waals surface area contributed by atoms with Gasteiger partial charge in [0.15, 0.2) is 0 Å². The molecular weight excluding hydrogens is 406 g/mol. The summed E-state index contributed by atoms with van der Waals surface area (Å²) in [5, 5.41) is 16.9. The second-order valence-electron chi connectivity index (χ2n) is 7.01. The number of benzene rings is 4. The molecule has 0 saturated carbocycles. The molecule has 1 N–H and O–H groups in total. The summed E-state index contributed by atoms with van der Waals surface area (Å²) >= 11 is 0. The summed E-state index contributed by atoms with van der Waals surface area (Å²) in [7, 11) is 0. The predicted octanol–water partition coefficient (Wildman–Crippen LogP) is 5.09. The van der Waals surface area contributed by atoms with Crippen molar-refractivity contribution in [2.75, 3.05) is 0 Å². The Balaban J connectivity index is 1.35. The Labute approximate surface area is 184 Å². The maximum Gasteiger partial charge on any atom is 0.271 e. The Bertz CT molecular complexity index is 1290. The van der Waals surface area contributed by atoms with Gasteiger partial charge in [-0.3, -0.25) is 14.9 Å². The maximum absolute atomic E-state index is 12.3. The van der Waals surface area contributed by atoms with Gasteiger partial charge in [-0.2, -0.15) is 5.10 Å². The van der Waals surface area contributed by atoms with Crippen LogP contribution >= 0.6 is 0 Å². The molecule has 0 saturated heterocycles. The largest absolute Gasteiger partial charge is 0.488 e. The van der Waals surface area contributed by atoms with E-state index in [0.717, 1.165) is 22.1 Å². The Morgan fingerprint density at radius 3 is 2.53 bits per heavy atom. The molecule has 0 atom stereocenters. The number of rotatable bonds is 7. The average molecular weight is 425 g/mol. The number of hydrazone groups is 1. The molecule has 4 aromatic rings. The molecule has 0 aliphatic rings. The Morgan fingerprint density at radius 2 is 1.72 bits per heavy atom. The van der Waals surface area contributed by atoms with Gasteiger partial charge in [0.05, 0.1) is 11.1 Å². The predicted molar refractivity (Wildman–Crippen MR) is 123 cm³/mol. The molecule has 32 heavy (non-hydrogen) atoms. The number of carbonyl (C=O) groups excluding carboxylic acids is 1. The standard InChI is InChI=1S/C25H19N3O4/c29-25(27-26-16-19-5-3-8-22(15-19)28(30)31)21-13-11-18(12-14-21)17-32-24-10-4-7-20-6-1-2-9-23(20)24/h1-16H,17H2,(H,27,29)/b26-16-. The lowest BCUT2D eigenvalue weighted by atomic mass is 10.1. The first-order valence-electron chi connectivity index (χ1n) is 9.87. The number of fused-ring (bicyclic) bond motifs is 1. The summed E-state index contributed by atoms with van der Waals surface area (Å²) < 4.78 is 5.97. The van der Waals surface area contributed by atoms with E-state index in [1.807, 2.05) is 54.6 Å². The van der Waals surface area contributed by atoms with E-state index in [1.54, 1.807) is 24.3 Å². The molecule has 0 aliphatic carbocycles. The second-order valence-corrected chi connectivity index (χ2v) is 7.01. The van der Waals surface area contributed by atoms with Crippen LogP contribution in [0.25, 0.3) is 10.8 Å². The molecule has 7 nitrogen and oxygen atoms in total. The normalized spacial score (nSPS) is 10.9. The molecule has 0 unspecified atom stereocenters. The van der Waals surface area contributed by atoms with Crippen LogP contribution in [0, 0.1) is 10.1 Å². The lowest BCUT2D eigenvalue weighted by Crippen LogP contribution is -2.17. The number of non-ortho nitro benzene ring substituents is 1. The van der Waals surface area contributed by atoms with Gasteiger partial charge in [0, 0.05) is 28.6 Å². The molecule has 0 aromatic heterocycles. The molecule has 158 valence electrons. The number of amides is 1. The third-order valence-corrected chi connectivity index (χ3v) is 4.82. The SMILES string of the molecule is O=C(N/N=C\c1cccc([N+](=O)[O-])c1)c1ccc(COc2cccc3ccccc23)cc1. The van der Waals surface area contributed by atoms with Crippen LogP contribution in [0.2, 0.25) is 0 Å². The summed E-state index contributed by atoms with van der Waals surface area (Å²) in [5.74, 6) is 0.425. The first-order valence-corrected chi connectivity index (χ1v) is 9.87. The third kappa shape index (κ3) is 4.96. The van der Waals surface area contributed by atoms with Gasteiger partial charge in [0.2, 0.25) is 0 Å². The molecule has 0 aliphatic heterocycles. The Hall–Kier alpha value is -4.52. The van der Waals surface area contributed by atoms with Crippen LogP contribution in [0.5, 0.6) is 5.75 Å². The van der Waals surface area contributed by atoms with E-state index in [9.17, 15) is 14.9 Å². The van der Waals surface area contributed by atoms with Gasteiger partial charge in [-0.05, 0) is 29.1 Å². The van der Waals surface area contributed by atoms with Gasteiger partial charge in [0.25, 0.3) is 11.6 Å². The van der Waals surface area contributed by atoms with E-state index in [4.69, 9.17) is 4.74 Å². The van der Waals surface area contributed by atoms with Crippen molar-refractivity contribution in [3.63, 3.8) is 0 Å². The molecule has 0 fully saturated rings. The van der Waals surface area contributed by atoms with E-state index in [-0.39, 0.29) is 11.6 Å². The van der Waals surface area contributed by atoms with Gasteiger partial charge >= 0.3 is 0 Å². The van der Waals surface area contributed by atoms with Crippen molar-refractivity contribution in [3.05, 3.63) is 118 Å². The fourth-order valence-corrected chi connectivity index (χ4v) is 3.18. The van der Waals surface area contributed by atoms with Crippen LogP contribution < -0.4 is 10.2 Å². The number of nitrogens with one attached hydrogen (secondary N) is 1. The van der Waals surface area contributed by atoms with Gasteiger partial charge < -0.3 is 4.74 Å². The van der Waals surface area contributed by atoms with Crippen molar-refractivity contribution in [2.45, 2.75) is 6.61 Å². The molecule has 0 spiro atoms. The van der Waals surface area contributed by atoms with Gasteiger partial charge in [0.1, 0.15) is 12.4 Å². The molecule has 1 amide bonds. The average Bonchev–Trinajstić information content (AvgIpc) is 2.83. The number of nitro groups is 1. The number of nitrogens with zero attached hydrogens (tertiary/aromatic N) is 2. The molecule has 0 radical (unpaired) electrons. The second kappa shape index (κ2) is 9.53. The maximum atomic E-state index is 12.3. The van der Waals surface area contributed by atoms with Crippen LogP contribution in [-0.2, 0) is 6.61 Å². The van der Waals surface area contributed by atoms with E-state index < -0.39 is 4.92 Å². The molecular formula is C25H19N3O4. The highest BCUT2D eigenvalue weighted by Gasteiger charge is 2.07. The van der Waals surface area contributed by atoms with Crippen LogP contribution in [0.1, 0.15) is 21.5 Å². The summed E-state index contributed by atoms with van der Waals surface area (Å²) in [5.41, 5.74) is 4.26. The highest BCUT2D eigenvalue weighted by atomic mass is 16.6. The number of carbonyl (C=O) groups is 1. The van der Waals surface area contributed by atoms with Crippen LogP contribution in [0.15, 0.2) is 96.1 Å². The number of ether oxygens (including phenoxy) is 1. The Morgan fingerprint density at radius 1 is 0.969 bits per heavy atom. The van der Waals surface area contributed by atoms with Crippen molar-refractivity contribution >= 4 is 28.6 Å². The van der Waals surface area contributed by atoms with Gasteiger partial charge in [-0.1, -0.05) is 60.7 Å². The van der Waals surface area contributed by atoms with E-state index in [0.29, 0.717) is 17.7 Å². The number of hydrogen-bond acceptors (Lipinski definition) is 5. The van der Waals surface area contributed by atoms with Crippen molar-refractivity contribution in [1.82, 2.24) is 5.43 Å². The quantitative estimate of drug-likeness (QED) is 0.253. The van der Waals surface area contributed by atoms with E-state index in [2.05, 4.69) is 10.5 Å². The smallest absolute Gasteiger partial charge is 0.271 e. The fraction of sp³-hybridized carbons (Fsp3) is 0.0400. The molecule has 4 aromatic carbocycles.